The maximum absolute atomic E-state index is 13.1. The fraction of sp³-hybridized carbons (Fsp3) is 0.414. The van der Waals surface area contributed by atoms with Crippen LogP contribution >= 0.6 is 11.6 Å². The number of nitrogens with zero attached hydrogens (tertiary/aromatic N) is 2. The Hall–Kier alpha value is -3.72. The molecule has 0 atom stereocenters. The summed E-state index contributed by atoms with van der Waals surface area (Å²) in [5.74, 6) is -1.22. The van der Waals surface area contributed by atoms with Crippen LogP contribution in [-0.2, 0) is 10.2 Å². The van der Waals surface area contributed by atoms with Crippen molar-refractivity contribution in [3.63, 3.8) is 0 Å². The number of furan rings is 1. The van der Waals surface area contributed by atoms with E-state index in [1.54, 1.807) is 6.07 Å². The Bertz CT molecular complexity index is 1370. The molecule has 0 saturated carbocycles. The zero-order valence-electron chi connectivity index (χ0n) is 23.4. The van der Waals surface area contributed by atoms with Crippen LogP contribution in [0.5, 0.6) is 0 Å². The number of nitrogens with one attached hydrogen (secondary N) is 4. The van der Waals surface area contributed by atoms with Crippen LogP contribution in [0, 0.1) is 16.2 Å². The van der Waals surface area contributed by atoms with Crippen LogP contribution in [0.3, 0.4) is 0 Å². The lowest BCUT2D eigenvalue weighted by molar-refractivity contribution is -0.125. The van der Waals surface area contributed by atoms with Gasteiger partial charge in [-0.3, -0.25) is 20.4 Å². The Morgan fingerprint density at radius 1 is 1.13 bits per heavy atom. The normalized spacial score (nSPS) is 11.8. The quantitative estimate of drug-likeness (QED) is 0.202. The van der Waals surface area contributed by atoms with Crippen molar-refractivity contribution in [3.8, 4) is 11.3 Å². The Morgan fingerprint density at radius 3 is 2.38 bits per heavy atom. The number of aromatic nitrogens is 1. The first-order chi connectivity index (χ1) is 18.3. The standard InChI is InChI=1S/C29H37ClN6O3/c1-7-29(5,6)16-36(27(38)25(32)34-17-31)13-12-33-26(37)23-15-22-24(39-23)20(28(2,3)4)14-21(35-22)18-8-10-19(30)11-9-18/h8-11,14-15,17H,7,12-13,16H2,1-6H3,(H,33,37)(H3,31,32,34). The van der Waals surface area contributed by atoms with Gasteiger partial charge in [0.25, 0.3) is 11.8 Å². The van der Waals surface area contributed by atoms with E-state index in [0.717, 1.165) is 29.6 Å². The van der Waals surface area contributed by atoms with E-state index in [2.05, 4.69) is 31.4 Å². The summed E-state index contributed by atoms with van der Waals surface area (Å²) in [5.41, 5.74) is 3.26. The zero-order valence-corrected chi connectivity index (χ0v) is 24.1. The molecule has 0 aliphatic rings. The first-order valence-electron chi connectivity index (χ1n) is 12.9. The summed E-state index contributed by atoms with van der Waals surface area (Å²) in [6.45, 7) is 13.1. The summed E-state index contributed by atoms with van der Waals surface area (Å²) in [6, 6.07) is 11.0. The van der Waals surface area contributed by atoms with E-state index < -0.39 is 17.6 Å². The molecule has 0 spiro atoms. The molecule has 1 aromatic carbocycles. The number of halogens is 1. The number of amides is 2. The monoisotopic (exact) mass is 552 g/mol. The van der Waals surface area contributed by atoms with Crippen LogP contribution in [0.1, 0.15) is 64.1 Å². The number of rotatable bonds is 9. The van der Waals surface area contributed by atoms with Gasteiger partial charge >= 0.3 is 0 Å². The number of carbonyl (C=O) groups excluding carboxylic acids is 2. The highest BCUT2D eigenvalue weighted by atomic mass is 35.5. The van der Waals surface area contributed by atoms with Crippen molar-refractivity contribution in [1.29, 1.82) is 10.8 Å². The van der Waals surface area contributed by atoms with Crippen LogP contribution in [0.2, 0.25) is 5.02 Å². The maximum Gasteiger partial charge on any atom is 0.289 e. The highest BCUT2D eigenvalue weighted by molar-refractivity contribution is 6.38. The molecule has 3 aromatic rings. The molecule has 208 valence electrons. The molecule has 2 amide bonds. The van der Waals surface area contributed by atoms with Gasteiger partial charge in [0, 0.05) is 41.9 Å². The van der Waals surface area contributed by atoms with E-state index in [1.165, 1.54) is 4.90 Å². The van der Waals surface area contributed by atoms with Gasteiger partial charge in [-0.05, 0) is 35.4 Å². The molecular formula is C29H37ClN6O3. The molecule has 9 nitrogen and oxygen atoms in total. The van der Waals surface area contributed by atoms with Crippen molar-refractivity contribution >= 4 is 46.7 Å². The minimum absolute atomic E-state index is 0.126. The van der Waals surface area contributed by atoms with Gasteiger partial charge in [-0.2, -0.15) is 0 Å². The number of benzene rings is 1. The molecule has 2 heterocycles. The van der Waals surface area contributed by atoms with Gasteiger partial charge in [-0.1, -0.05) is 65.3 Å². The molecule has 0 unspecified atom stereocenters. The van der Waals surface area contributed by atoms with Crippen molar-refractivity contribution in [3.05, 3.63) is 52.7 Å². The van der Waals surface area contributed by atoms with E-state index in [9.17, 15) is 9.59 Å². The molecule has 0 fully saturated rings. The zero-order chi connectivity index (χ0) is 29.0. The molecule has 0 radical (unpaired) electrons. The minimum Gasteiger partial charge on any atom is -0.449 e. The third kappa shape index (κ3) is 7.44. The molecular weight excluding hydrogens is 516 g/mol. The fourth-order valence-corrected chi connectivity index (χ4v) is 4.15. The second-order valence-electron chi connectivity index (χ2n) is 11.3. The molecule has 4 N–H and O–H groups in total. The van der Waals surface area contributed by atoms with E-state index >= 15 is 0 Å². The summed E-state index contributed by atoms with van der Waals surface area (Å²) >= 11 is 6.06. The van der Waals surface area contributed by atoms with Gasteiger partial charge in [0.1, 0.15) is 5.52 Å². The lowest BCUT2D eigenvalue weighted by Gasteiger charge is -2.32. The predicted octanol–water partition coefficient (Wildman–Crippen LogP) is 5.61. The molecule has 0 saturated heterocycles. The smallest absolute Gasteiger partial charge is 0.289 e. The lowest BCUT2D eigenvalue weighted by atomic mass is 9.86. The summed E-state index contributed by atoms with van der Waals surface area (Å²) in [7, 11) is 0. The third-order valence-corrected chi connectivity index (χ3v) is 6.86. The highest BCUT2D eigenvalue weighted by Gasteiger charge is 2.27. The molecule has 0 aliphatic heterocycles. The first kappa shape index (κ1) is 29.8. The number of carbonyl (C=O) groups is 2. The number of amidine groups is 1. The van der Waals surface area contributed by atoms with Gasteiger partial charge in [-0.25, -0.2) is 4.98 Å². The topological polar surface area (TPSA) is 135 Å². The van der Waals surface area contributed by atoms with Gasteiger partial charge < -0.3 is 20.0 Å². The summed E-state index contributed by atoms with van der Waals surface area (Å²) in [4.78, 5) is 32.1. The molecule has 2 aromatic heterocycles. The molecule has 39 heavy (non-hydrogen) atoms. The lowest BCUT2D eigenvalue weighted by Crippen LogP contribution is -2.48. The number of pyridine rings is 1. The average molecular weight is 553 g/mol. The largest absolute Gasteiger partial charge is 0.449 e. The molecule has 0 aliphatic carbocycles. The SMILES string of the molecule is CCC(C)(C)CN(CCNC(=O)c1cc2nc(-c3ccc(Cl)cc3)cc(C(C)(C)C)c2o1)C(=O)C(=N)NC=N. The fourth-order valence-electron chi connectivity index (χ4n) is 4.02. The predicted molar refractivity (Wildman–Crippen MR) is 156 cm³/mol. The van der Waals surface area contributed by atoms with Gasteiger partial charge in [0.2, 0.25) is 0 Å². The van der Waals surface area contributed by atoms with Crippen LogP contribution < -0.4 is 10.6 Å². The van der Waals surface area contributed by atoms with E-state index in [4.69, 9.17) is 31.8 Å². The molecule has 10 heteroatoms. The van der Waals surface area contributed by atoms with Crippen molar-refractivity contribution < 1.29 is 14.0 Å². The van der Waals surface area contributed by atoms with E-state index in [0.29, 0.717) is 22.7 Å². The number of hydrogen-bond acceptors (Lipinski definition) is 6. The minimum atomic E-state index is -0.535. The molecule has 3 rings (SSSR count). The van der Waals surface area contributed by atoms with Crippen molar-refractivity contribution in [1.82, 2.24) is 20.5 Å². The maximum atomic E-state index is 13.1. The van der Waals surface area contributed by atoms with Gasteiger partial charge in [-0.15, -0.1) is 0 Å². The van der Waals surface area contributed by atoms with Gasteiger partial charge in [0.05, 0.1) is 12.0 Å². The Labute approximate surface area is 234 Å². The second-order valence-corrected chi connectivity index (χ2v) is 11.7. The van der Waals surface area contributed by atoms with Crippen LogP contribution in [-0.4, -0.2) is 53.5 Å². The third-order valence-electron chi connectivity index (χ3n) is 6.61. The van der Waals surface area contributed by atoms with Crippen molar-refractivity contribution in [2.24, 2.45) is 5.41 Å². The molecule has 0 bridgehead atoms. The van der Waals surface area contributed by atoms with Gasteiger partial charge in [0.15, 0.2) is 17.2 Å². The summed E-state index contributed by atoms with van der Waals surface area (Å²) < 4.78 is 6.03. The summed E-state index contributed by atoms with van der Waals surface area (Å²) in [6.07, 6.45) is 1.62. The first-order valence-corrected chi connectivity index (χ1v) is 13.3. The Balaban J connectivity index is 1.83. The highest BCUT2D eigenvalue weighted by Crippen LogP contribution is 2.34. The average Bonchev–Trinajstić information content (AvgIpc) is 3.31. The number of fused-ring (bicyclic) bond motifs is 1. The van der Waals surface area contributed by atoms with Crippen molar-refractivity contribution in [2.45, 2.75) is 53.4 Å². The second kappa shape index (κ2) is 12.0. The summed E-state index contributed by atoms with van der Waals surface area (Å²) in [5, 5.41) is 20.8. The van der Waals surface area contributed by atoms with Crippen LogP contribution in [0.15, 0.2) is 40.8 Å². The van der Waals surface area contributed by atoms with Crippen LogP contribution in [0.4, 0.5) is 0 Å². The Kier molecular flexibility index (Phi) is 9.17. The van der Waals surface area contributed by atoms with E-state index in [-0.39, 0.29) is 29.7 Å². The number of hydrogen-bond donors (Lipinski definition) is 4. The van der Waals surface area contributed by atoms with Crippen molar-refractivity contribution in [2.75, 3.05) is 19.6 Å². The Morgan fingerprint density at radius 2 is 1.79 bits per heavy atom. The van der Waals surface area contributed by atoms with E-state index in [1.807, 2.05) is 51.1 Å². The van der Waals surface area contributed by atoms with Crippen LogP contribution in [0.25, 0.3) is 22.4 Å².